The van der Waals surface area contributed by atoms with E-state index in [9.17, 15) is 4.79 Å². The number of ether oxygens (including phenoxy) is 1. The van der Waals surface area contributed by atoms with Crippen LogP contribution in [0.5, 0.6) is 5.75 Å². The molecule has 0 saturated heterocycles. The lowest BCUT2D eigenvalue weighted by atomic mass is 10.2. The van der Waals surface area contributed by atoms with Crippen molar-refractivity contribution in [1.82, 2.24) is 4.90 Å². The van der Waals surface area contributed by atoms with Crippen molar-refractivity contribution in [3.05, 3.63) is 53.5 Å². The second kappa shape index (κ2) is 7.66. The minimum absolute atomic E-state index is 0.429. The van der Waals surface area contributed by atoms with Crippen LogP contribution >= 0.6 is 0 Å². The van der Waals surface area contributed by atoms with E-state index in [-0.39, 0.29) is 0 Å². The van der Waals surface area contributed by atoms with E-state index in [2.05, 4.69) is 11.9 Å². The van der Waals surface area contributed by atoms with Crippen molar-refractivity contribution in [2.24, 2.45) is 5.73 Å². The van der Waals surface area contributed by atoms with Crippen LogP contribution in [0.2, 0.25) is 0 Å². The van der Waals surface area contributed by atoms with Crippen LogP contribution in [0.1, 0.15) is 28.3 Å². The van der Waals surface area contributed by atoms with Crippen molar-refractivity contribution in [2.75, 3.05) is 20.2 Å². The van der Waals surface area contributed by atoms with Crippen LogP contribution in [0.15, 0.2) is 40.8 Å². The van der Waals surface area contributed by atoms with Crippen LogP contribution in [-0.4, -0.2) is 31.0 Å². The lowest BCUT2D eigenvalue weighted by Crippen LogP contribution is -2.20. The summed E-state index contributed by atoms with van der Waals surface area (Å²) in [6.07, 6.45) is 0.910. The Morgan fingerprint density at radius 3 is 2.55 bits per heavy atom. The number of nitrogens with zero attached hydrogens (tertiary/aromatic N) is 1. The van der Waals surface area contributed by atoms with Crippen LogP contribution in [0, 0.1) is 6.92 Å². The average molecular weight is 302 g/mol. The first-order valence-electron chi connectivity index (χ1n) is 7.31. The standard InChI is InChI=1S/C17H22N2O3/c1-13-4-7-16(22-13)12-19(2)10-3-11-21-15-8-5-14(6-9-15)17(18)20/h4-9H,3,10-12H2,1-2H3,(H2,18,20). The highest BCUT2D eigenvalue weighted by Crippen LogP contribution is 2.12. The van der Waals surface area contributed by atoms with Crippen molar-refractivity contribution in [2.45, 2.75) is 19.9 Å². The molecule has 2 N–H and O–H groups in total. The second-order valence-electron chi connectivity index (χ2n) is 5.34. The Morgan fingerprint density at radius 1 is 1.23 bits per heavy atom. The first-order chi connectivity index (χ1) is 10.5. The van der Waals surface area contributed by atoms with Gasteiger partial charge in [-0.05, 0) is 56.8 Å². The molecule has 1 heterocycles. The Balaban J connectivity index is 1.67. The van der Waals surface area contributed by atoms with E-state index >= 15 is 0 Å². The molecule has 0 atom stereocenters. The van der Waals surface area contributed by atoms with E-state index in [0.717, 1.165) is 36.8 Å². The fourth-order valence-electron chi connectivity index (χ4n) is 2.16. The maximum atomic E-state index is 11.0. The summed E-state index contributed by atoms with van der Waals surface area (Å²) in [7, 11) is 2.06. The van der Waals surface area contributed by atoms with E-state index in [1.165, 1.54) is 0 Å². The number of primary amides is 1. The van der Waals surface area contributed by atoms with Gasteiger partial charge in [0.15, 0.2) is 0 Å². The predicted molar refractivity (Wildman–Crippen MR) is 84.9 cm³/mol. The molecule has 0 aliphatic rings. The Labute approximate surface area is 130 Å². The van der Waals surface area contributed by atoms with Gasteiger partial charge in [0.05, 0.1) is 13.2 Å². The number of carbonyl (C=O) groups excluding carboxylic acids is 1. The van der Waals surface area contributed by atoms with Crippen LogP contribution in [0.25, 0.3) is 0 Å². The molecule has 118 valence electrons. The number of nitrogens with two attached hydrogens (primary N) is 1. The number of aryl methyl sites for hydroxylation is 1. The molecule has 5 heteroatoms. The fourth-order valence-corrected chi connectivity index (χ4v) is 2.16. The zero-order valence-corrected chi connectivity index (χ0v) is 13.0. The summed E-state index contributed by atoms with van der Waals surface area (Å²) < 4.78 is 11.2. The minimum Gasteiger partial charge on any atom is -0.494 e. The third-order valence-corrected chi connectivity index (χ3v) is 3.31. The fraction of sp³-hybridized carbons (Fsp3) is 0.353. The molecule has 1 aromatic carbocycles. The number of hydrogen-bond acceptors (Lipinski definition) is 4. The van der Waals surface area contributed by atoms with Crippen LogP contribution in [0.3, 0.4) is 0 Å². The SMILES string of the molecule is Cc1ccc(CN(C)CCCOc2ccc(C(N)=O)cc2)o1. The van der Waals surface area contributed by atoms with Crippen molar-refractivity contribution >= 4 is 5.91 Å². The largest absolute Gasteiger partial charge is 0.494 e. The number of carbonyl (C=O) groups is 1. The Kier molecular flexibility index (Phi) is 5.61. The molecule has 1 amide bonds. The van der Waals surface area contributed by atoms with Gasteiger partial charge in [0.2, 0.25) is 5.91 Å². The molecule has 0 aliphatic heterocycles. The maximum absolute atomic E-state index is 11.0. The first-order valence-corrected chi connectivity index (χ1v) is 7.31. The summed E-state index contributed by atoms with van der Waals surface area (Å²) >= 11 is 0. The Bertz CT molecular complexity index is 605. The molecule has 0 spiro atoms. The maximum Gasteiger partial charge on any atom is 0.248 e. The van der Waals surface area contributed by atoms with Crippen molar-refractivity contribution in [3.8, 4) is 5.75 Å². The van der Waals surface area contributed by atoms with Gasteiger partial charge in [0.25, 0.3) is 0 Å². The number of rotatable bonds is 8. The molecule has 2 rings (SSSR count). The van der Waals surface area contributed by atoms with Gasteiger partial charge in [0.1, 0.15) is 17.3 Å². The summed E-state index contributed by atoms with van der Waals surface area (Å²) in [6, 6.07) is 10.8. The van der Waals surface area contributed by atoms with Gasteiger partial charge >= 0.3 is 0 Å². The van der Waals surface area contributed by atoms with E-state index in [1.807, 2.05) is 19.1 Å². The molecule has 0 saturated carbocycles. The lowest BCUT2D eigenvalue weighted by Gasteiger charge is -2.15. The van der Waals surface area contributed by atoms with Gasteiger partial charge in [-0.2, -0.15) is 0 Å². The van der Waals surface area contributed by atoms with E-state index in [0.29, 0.717) is 12.2 Å². The molecule has 1 aromatic heterocycles. The van der Waals surface area contributed by atoms with Crippen molar-refractivity contribution in [3.63, 3.8) is 0 Å². The Hall–Kier alpha value is -2.27. The van der Waals surface area contributed by atoms with E-state index < -0.39 is 5.91 Å². The second-order valence-corrected chi connectivity index (χ2v) is 5.34. The summed E-state index contributed by atoms with van der Waals surface area (Å²) in [5, 5.41) is 0. The molecule has 0 bridgehead atoms. The number of furan rings is 1. The van der Waals surface area contributed by atoms with E-state index in [4.69, 9.17) is 14.9 Å². The van der Waals surface area contributed by atoms with Crippen molar-refractivity contribution < 1.29 is 13.9 Å². The summed E-state index contributed by atoms with van der Waals surface area (Å²) in [5.74, 6) is 2.23. The molecule has 5 nitrogen and oxygen atoms in total. The van der Waals surface area contributed by atoms with Crippen molar-refractivity contribution in [1.29, 1.82) is 0 Å². The third kappa shape index (κ3) is 4.93. The number of hydrogen-bond donors (Lipinski definition) is 1. The molecule has 0 radical (unpaired) electrons. The molecular weight excluding hydrogens is 280 g/mol. The van der Waals surface area contributed by atoms with Gasteiger partial charge in [-0.15, -0.1) is 0 Å². The van der Waals surface area contributed by atoms with E-state index in [1.54, 1.807) is 24.3 Å². The highest BCUT2D eigenvalue weighted by Gasteiger charge is 2.04. The molecule has 0 unspecified atom stereocenters. The number of benzene rings is 1. The minimum atomic E-state index is -0.429. The highest BCUT2D eigenvalue weighted by atomic mass is 16.5. The zero-order chi connectivity index (χ0) is 15.9. The monoisotopic (exact) mass is 302 g/mol. The average Bonchev–Trinajstić information content (AvgIpc) is 2.89. The summed E-state index contributed by atoms with van der Waals surface area (Å²) in [4.78, 5) is 13.2. The first kappa shape index (κ1) is 16.1. The Morgan fingerprint density at radius 2 is 1.95 bits per heavy atom. The van der Waals surface area contributed by atoms with Gasteiger partial charge in [-0.25, -0.2) is 0 Å². The van der Waals surface area contributed by atoms with Crippen LogP contribution in [-0.2, 0) is 6.54 Å². The van der Waals surface area contributed by atoms with Gasteiger partial charge in [-0.1, -0.05) is 0 Å². The summed E-state index contributed by atoms with van der Waals surface area (Å²) in [6.45, 7) is 4.28. The van der Waals surface area contributed by atoms with Gasteiger partial charge in [0, 0.05) is 12.1 Å². The molecular formula is C17H22N2O3. The predicted octanol–water partition coefficient (Wildman–Crippen LogP) is 2.59. The van der Waals surface area contributed by atoms with Crippen LogP contribution in [0.4, 0.5) is 0 Å². The van der Waals surface area contributed by atoms with Gasteiger partial charge in [-0.3, -0.25) is 9.69 Å². The lowest BCUT2D eigenvalue weighted by molar-refractivity contribution is 0.1000. The zero-order valence-electron chi connectivity index (χ0n) is 13.0. The topological polar surface area (TPSA) is 68.7 Å². The number of amides is 1. The quantitative estimate of drug-likeness (QED) is 0.761. The molecule has 2 aromatic rings. The molecule has 22 heavy (non-hydrogen) atoms. The molecule has 0 fully saturated rings. The molecule has 0 aliphatic carbocycles. The third-order valence-electron chi connectivity index (χ3n) is 3.31. The smallest absolute Gasteiger partial charge is 0.248 e. The normalized spacial score (nSPS) is 10.9. The van der Waals surface area contributed by atoms with Gasteiger partial charge < -0.3 is 14.9 Å². The highest BCUT2D eigenvalue weighted by molar-refractivity contribution is 5.92. The van der Waals surface area contributed by atoms with Crippen LogP contribution < -0.4 is 10.5 Å². The summed E-state index contributed by atoms with van der Waals surface area (Å²) in [5.41, 5.74) is 5.68.